The van der Waals surface area contributed by atoms with E-state index in [-0.39, 0.29) is 11.5 Å². The maximum atomic E-state index is 12.8. The van der Waals surface area contributed by atoms with Crippen LogP contribution in [-0.2, 0) is 0 Å². The third-order valence-corrected chi connectivity index (χ3v) is 2.63. The summed E-state index contributed by atoms with van der Waals surface area (Å²) in [5.41, 5.74) is 5.57. The Hall–Kier alpha value is 0.160. The summed E-state index contributed by atoms with van der Waals surface area (Å²) in [7, 11) is 0. The Labute approximate surface area is 80.1 Å². The van der Waals surface area contributed by atoms with Crippen molar-refractivity contribution in [3.8, 4) is 0 Å². The van der Waals surface area contributed by atoms with Crippen molar-refractivity contribution in [1.29, 1.82) is 0 Å². The van der Waals surface area contributed by atoms with Crippen molar-refractivity contribution in [2.75, 3.05) is 5.73 Å². The Morgan fingerprint density at radius 1 is 1.50 bits per heavy atom. The highest BCUT2D eigenvalue weighted by molar-refractivity contribution is 14.1. The molecule has 0 unspecified atom stereocenters. The van der Waals surface area contributed by atoms with Crippen LogP contribution in [0.25, 0.3) is 0 Å². The Morgan fingerprint density at radius 2 is 2.10 bits per heavy atom. The van der Waals surface area contributed by atoms with Gasteiger partial charge in [0.25, 0.3) is 0 Å². The van der Waals surface area contributed by atoms with Gasteiger partial charge in [-0.2, -0.15) is 0 Å². The first-order valence-electron chi connectivity index (χ1n) is 2.52. The molecule has 54 valence electrons. The molecule has 0 aliphatic rings. The van der Waals surface area contributed by atoms with E-state index in [0.717, 1.165) is 3.57 Å². The van der Waals surface area contributed by atoms with Crippen molar-refractivity contribution in [1.82, 2.24) is 0 Å². The van der Waals surface area contributed by atoms with Crippen LogP contribution in [0.15, 0.2) is 16.6 Å². The summed E-state index contributed by atoms with van der Waals surface area (Å²) < 4.78 is 14.0. The van der Waals surface area contributed by atoms with E-state index in [0.29, 0.717) is 4.47 Å². The van der Waals surface area contributed by atoms with Crippen LogP contribution < -0.4 is 5.73 Å². The zero-order valence-corrected chi connectivity index (χ0v) is 8.61. The van der Waals surface area contributed by atoms with E-state index < -0.39 is 0 Å². The third-order valence-electron chi connectivity index (χ3n) is 1.08. The van der Waals surface area contributed by atoms with Gasteiger partial charge < -0.3 is 5.73 Å². The zero-order valence-electron chi connectivity index (χ0n) is 4.87. The largest absolute Gasteiger partial charge is 0.395 e. The first-order chi connectivity index (χ1) is 4.63. The maximum absolute atomic E-state index is 12.8. The SMILES string of the molecule is Nc1c(I)ccc(Br)c1F. The third kappa shape index (κ3) is 1.42. The minimum Gasteiger partial charge on any atom is -0.395 e. The lowest BCUT2D eigenvalue weighted by Crippen LogP contribution is -1.94. The van der Waals surface area contributed by atoms with Crippen molar-refractivity contribution in [2.45, 2.75) is 0 Å². The van der Waals surface area contributed by atoms with E-state index in [1.165, 1.54) is 0 Å². The van der Waals surface area contributed by atoms with E-state index in [9.17, 15) is 4.39 Å². The molecule has 0 saturated carbocycles. The van der Waals surface area contributed by atoms with Gasteiger partial charge in [-0.3, -0.25) is 0 Å². The predicted octanol–water partition coefficient (Wildman–Crippen LogP) is 2.78. The second kappa shape index (κ2) is 3.04. The van der Waals surface area contributed by atoms with Gasteiger partial charge in [0.1, 0.15) is 0 Å². The zero-order chi connectivity index (χ0) is 7.72. The summed E-state index contributed by atoms with van der Waals surface area (Å²) in [4.78, 5) is 0. The van der Waals surface area contributed by atoms with Gasteiger partial charge in [-0.25, -0.2) is 4.39 Å². The molecule has 0 saturated heterocycles. The first-order valence-corrected chi connectivity index (χ1v) is 4.39. The van der Waals surface area contributed by atoms with Gasteiger partial charge in [0, 0.05) is 3.57 Å². The monoisotopic (exact) mass is 315 g/mol. The van der Waals surface area contributed by atoms with Crippen molar-refractivity contribution in [3.05, 3.63) is 26.0 Å². The van der Waals surface area contributed by atoms with Gasteiger partial charge in [0.2, 0.25) is 0 Å². The highest BCUT2D eigenvalue weighted by Gasteiger charge is 2.05. The second-order valence-electron chi connectivity index (χ2n) is 1.76. The van der Waals surface area contributed by atoms with Crippen LogP contribution in [0, 0.1) is 9.39 Å². The van der Waals surface area contributed by atoms with Crippen molar-refractivity contribution < 1.29 is 4.39 Å². The molecule has 1 aromatic carbocycles. The van der Waals surface area contributed by atoms with Crippen molar-refractivity contribution in [3.63, 3.8) is 0 Å². The topological polar surface area (TPSA) is 26.0 Å². The molecule has 0 fully saturated rings. The van der Waals surface area contributed by atoms with Gasteiger partial charge >= 0.3 is 0 Å². The van der Waals surface area contributed by atoms with Crippen LogP contribution in [0.1, 0.15) is 0 Å². The van der Waals surface area contributed by atoms with Gasteiger partial charge in [0.05, 0.1) is 10.2 Å². The summed E-state index contributed by atoms with van der Waals surface area (Å²) in [5.74, 6) is -0.382. The number of benzene rings is 1. The Balaban J connectivity index is 3.34. The van der Waals surface area contributed by atoms with E-state index in [1.54, 1.807) is 12.1 Å². The van der Waals surface area contributed by atoms with E-state index in [1.807, 2.05) is 22.6 Å². The van der Waals surface area contributed by atoms with Gasteiger partial charge in [-0.1, -0.05) is 0 Å². The van der Waals surface area contributed by atoms with Gasteiger partial charge in [-0.05, 0) is 50.7 Å². The van der Waals surface area contributed by atoms with E-state index in [4.69, 9.17) is 5.73 Å². The van der Waals surface area contributed by atoms with Crippen LogP contribution in [0.5, 0.6) is 0 Å². The van der Waals surface area contributed by atoms with Crippen molar-refractivity contribution >= 4 is 44.2 Å². The van der Waals surface area contributed by atoms with Crippen molar-refractivity contribution in [2.24, 2.45) is 0 Å². The fraction of sp³-hybridized carbons (Fsp3) is 0. The van der Waals surface area contributed by atoms with Crippen LogP contribution in [0.2, 0.25) is 0 Å². The number of nitrogen functional groups attached to an aromatic ring is 1. The van der Waals surface area contributed by atoms with Gasteiger partial charge in [0.15, 0.2) is 5.82 Å². The molecule has 2 N–H and O–H groups in total. The second-order valence-corrected chi connectivity index (χ2v) is 3.77. The smallest absolute Gasteiger partial charge is 0.161 e. The molecule has 0 heterocycles. The minimum absolute atomic E-state index is 0.204. The van der Waals surface area contributed by atoms with E-state index in [2.05, 4.69) is 15.9 Å². The molecule has 0 aromatic heterocycles. The maximum Gasteiger partial charge on any atom is 0.161 e. The predicted molar refractivity (Wildman–Crippen MR) is 51.2 cm³/mol. The molecule has 10 heavy (non-hydrogen) atoms. The summed E-state index contributed by atoms with van der Waals surface area (Å²) in [6.07, 6.45) is 0. The average Bonchev–Trinajstić information content (AvgIpc) is 1.93. The van der Waals surface area contributed by atoms with Crippen LogP contribution in [0.4, 0.5) is 10.1 Å². The highest BCUT2D eigenvalue weighted by atomic mass is 127. The lowest BCUT2D eigenvalue weighted by atomic mass is 10.3. The number of hydrogen-bond acceptors (Lipinski definition) is 1. The molecule has 0 spiro atoms. The molecule has 0 bridgehead atoms. The molecule has 0 atom stereocenters. The lowest BCUT2D eigenvalue weighted by molar-refractivity contribution is 0.625. The first kappa shape index (κ1) is 8.26. The number of hydrogen-bond donors (Lipinski definition) is 1. The Kier molecular flexibility index (Phi) is 2.51. The molecule has 1 aromatic rings. The highest BCUT2D eigenvalue weighted by Crippen LogP contribution is 2.24. The molecule has 4 heteroatoms. The summed E-state index contributed by atoms with van der Waals surface area (Å²) in [6, 6.07) is 3.39. The minimum atomic E-state index is -0.382. The lowest BCUT2D eigenvalue weighted by Gasteiger charge is -1.99. The quantitative estimate of drug-likeness (QED) is 0.445. The number of halogens is 3. The number of anilines is 1. The molecule has 0 aliphatic heterocycles. The Morgan fingerprint density at radius 3 is 2.60 bits per heavy atom. The van der Waals surface area contributed by atoms with Crippen LogP contribution in [0.3, 0.4) is 0 Å². The molecular formula is C6H4BrFIN. The standard InChI is InChI=1S/C6H4BrFIN/c7-3-1-2-4(9)6(10)5(3)8/h1-2H,10H2. The summed E-state index contributed by atoms with van der Waals surface area (Å²) in [6.45, 7) is 0. The van der Waals surface area contributed by atoms with Crippen LogP contribution in [-0.4, -0.2) is 0 Å². The molecule has 0 radical (unpaired) electrons. The van der Waals surface area contributed by atoms with Crippen LogP contribution >= 0.6 is 38.5 Å². The molecular weight excluding hydrogens is 312 g/mol. The fourth-order valence-electron chi connectivity index (χ4n) is 0.543. The number of nitrogens with two attached hydrogens (primary N) is 1. The fourth-order valence-corrected chi connectivity index (χ4v) is 1.31. The van der Waals surface area contributed by atoms with E-state index >= 15 is 0 Å². The molecule has 0 aliphatic carbocycles. The summed E-state index contributed by atoms with van der Waals surface area (Å²) >= 11 is 5.00. The number of rotatable bonds is 0. The average molecular weight is 316 g/mol. The molecule has 0 amide bonds. The normalized spacial score (nSPS) is 9.90. The summed E-state index contributed by atoms with van der Waals surface area (Å²) in [5, 5.41) is 0. The molecule has 1 nitrogen and oxygen atoms in total. The Bertz CT molecular complexity index is 237. The molecule has 1 rings (SSSR count). The van der Waals surface area contributed by atoms with Gasteiger partial charge in [-0.15, -0.1) is 0 Å².